The van der Waals surface area contributed by atoms with E-state index in [0.29, 0.717) is 28.6 Å². The molecule has 0 aliphatic rings. The van der Waals surface area contributed by atoms with Crippen molar-refractivity contribution < 1.29 is 14.3 Å². The fraction of sp³-hybridized carbons (Fsp3) is 0.167. The van der Waals surface area contributed by atoms with Gasteiger partial charge in [-0.05, 0) is 67.1 Å². The summed E-state index contributed by atoms with van der Waals surface area (Å²) in [6, 6.07) is 21.9. The minimum atomic E-state index is -0.107. The fourth-order valence-corrected chi connectivity index (χ4v) is 3.77. The van der Waals surface area contributed by atoms with E-state index < -0.39 is 0 Å². The Labute approximate surface area is 185 Å². The van der Waals surface area contributed by atoms with Crippen molar-refractivity contribution >= 4 is 40.7 Å². The third-order valence-corrected chi connectivity index (χ3v) is 5.50. The quantitative estimate of drug-likeness (QED) is 0.333. The molecule has 0 bridgehead atoms. The molecule has 0 atom stereocenters. The molecule has 6 heteroatoms. The number of Topliss-reactive ketones (excluding diaryl/α,β-unsaturated/α-hetero) is 1. The summed E-state index contributed by atoms with van der Waals surface area (Å²) in [6.45, 7) is 2.51. The molecule has 1 N–H and O–H groups in total. The molecular weight excluding hydrogens is 418 g/mol. The van der Waals surface area contributed by atoms with Gasteiger partial charge < -0.3 is 10.1 Å². The maximum absolute atomic E-state index is 12.4. The van der Waals surface area contributed by atoms with Crippen LogP contribution < -0.4 is 10.1 Å². The predicted octanol–water partition coefficient (Wildman–Crippen LogP) is 5.89. The Morgan fingerprint density at radius 2 is 1.73 bits per heavy atom. The summed E-state index contributed by atoms with van der Waals surface area (Å²) in [5, 5.41) is 3.54. The van der Waals surface area contributed by atoms with Crippen molar-refractivity contribution in [1.29, 1.82) is 0 Å². The number of halogens is 1. The standard InChI is InChI=1S/C24H22ClNO3S/c1-2-29-21-12-8-18(9-13-21)23(27)16-30-22-5-3-4-20(15-22)26-24(28)14-17-6-10-19(25)11-7-17/h3-13,15H,2,14,16H2,1H3,(H,26,28). The molecule has 0 radical (unpaired) electrons. The number of carbonyl (C=O) groups is 2. The van der Waals surface area contributed by atoms with Gasteiger partial charge in [-0.1, -0.05) is 29.8 Å². The highest BCUT2D eigenvalue weighted by Gasteiger charge is 2.09. The topological polar surface area (TPSA) is 55.4 Å². The molecule has 0 aliphatic carbocycles. The average Bonchev–Trinajstić information content (AvgIpc) is 2.75. The molecule has 0 heterocycles. The fourth-order valence-electron chi connectivity index (χ4n) is 2.79. The smallest absolute Gasteiger partial charge is 0.228 e. The first-order valence-electron chi connectivity index (χ1n) is 9.56. The number of benzene rings is 3. The zero-order valence-electron chi connectivity index (χ0n) is 16.6. The Bertz CT molecular complexity index is 1000. The summed E-state index contributed by atoms with van der Waals surface area (Å²) in [5.41, 5.74) is 2.24. The average molecular weight is 440 g/mol. The van der Waals surface area contributed by atoms with Crippen molar-refractivity contribution in [2.45, 2.75) is 18.2 Å². The van der Waals surface area contributed by atoms with Gasteiger partial charge in [-0.2, -0.15) is 0 Å². The summed E-state index contributed by atoms with van der Waals surface area (Å²) in [6.07, 6.45) is 0.269. The highest BCUT2D eigenvalue weighted by Crippen LogP contribution is 2.23. The van der Waals surface area contributed by atoms with Crippen LogP contribution in [0.1, 0.15) is 22.8 Å². The number of thioether (sulfide) groups is 1. The van der Waals surface area contributed by atoms with Crippen molar-refractivity contribution in [3.05, 3.63) is 88.9 Å². The van der Waals surface area contributed by atoms with Crippen LogP contribution >= 0.6 is 23.4 Å². The van der Waals surface area contributed by atoms with E-state index in [-0.39, 0.29) is 18.1 Å². The second kappa shape index (κ2) is 10.9. The molecule has 0 aromatic heterocycles. The van der Waals surface area contributed by atoms with E-state index in [9.17, 15) is 9.59 Å². The number of ether oxygens (including phenoxy) is 1. The third kappa shape index (κ3) is 6.65. The number of carbonyl (C=O) groups excluding carboxylic acids is 2. The molecule has 4 nitrogen and oxygen atoms in total. The molecule has 0 saturated heterocycles. The van der Waals surface area contributed by atoms with Crippen LogP contribution in [0.5, 0.6) is 5.75 Å². The molecule has 3 aromatic carbocycles. The molecule has 3 aromatic rings. The molecule has 0 unspecified atom stereocenters. The van der Waals surface area contributed by atoms with Crippen LogP contribution in [0, 0.1) is 0 Å². The van der Waals surface area contributed by atoms with Crippen LogP contribution in [0.3, 0.4) is 0 Å². The predicted molar refractivity (Wildman–Crippen MR) is 123 cm³/mol. The van der Waals surface area contributed by atoms with Crippen LogP contribution in [-0.2, 0) is 11.2 Å². The number of amides is 1. The summed E-state index contributed by atoms with van der Waals surface area (Å²) in [4.78, 5) is 25.6. The number of ketones is 1. The largest absolute Gasteiger partial charge is 0.494 e. The molecule has 3 rings (SSSR count). The lowest BCUT2D eigenvalue weighted by Crippen LogP contribution is -2.14. The van der Waals surface area contributed by atoms with E-state index in [1.54, 1.807) is 36.4 Å². The normalized spacial score (nSPS) is 10.5. The van der Waals surface area contributed by atoms with E-state index >= 15 is 0 Å². The molecule has 154 valence electrons. The zero-order valence-corrected chi connectivity index (χ0v) is 18.1. The van der Waals surface area contributed by atoms with Crippen LogP contribution in [0.4, 0.5) is 5.69 Å². The number of hydrogen-bond acceptors (Lipinski definition) is 4. The maximum Gasteiger partial charge on any atom is 0.228 e. The second-order valence-electron chi connectivity index (χ2n) is 6.55. The van der Waals surface area contributed by atoms with Gasteiger partial charge in [-0.25, -0.2) is 0 Å². The molecule has 1 amide bonds. The van der Waals surface area contributed by atoms with Gasteiger partial charge in [0, 0.05) is 21.2 Å². The van der Waals surface area contributed by atoms with Gasteiger partial charge >= 0.3 is 0 Å². The minimum Gasteiger partial charge on any atom is -0.494 e. The summed E-state index contributed by atoms with van der Waals surface area (Å²) >= 11 is 7.31. The Morgan fingerprint density at radius 3 is 2.43 bits per heavy atom. The summed E-state index contributed by atoms with van der Waals surface area (Å²) in [7, 11) is 0. The van der Waals surface area contributed by atoms with E-state index in [1.165, 1.54) is 11.8 Å². The Hall–Kier alpha value is -2.76. The number of hydrogen-bond donors (Lipinski definition) is 1. The van der Waals surface area contributed by atoms with E-state index in [4.69, 9.17) is 16.3 Å². The van der Waals surface area contributed by atoms with Crippen molar-refractivity contribution in [3.8, 4) is 5.75 Å². The van der Waals surface area contributed by atoms with Crippen molar-refractivity contribution in [3.63, 3.8) is 0 Å². The monoisotopic (exact) mass is 439 g/mol. The van der Waals surface area contributed by atoms with E-state index in [1.807, 2.05) is 43.3 Å². The van der Waals surface area contributed by atoms with Crippen LogP contribution in [0.2, 0.25) is 5.02 Å². The lowest BCUT2D eigenvalue weighted by Gasteiger charge is -2.08. The number of nitrogens with one attached hydrogen (secondary N) is 1. The highest BCUT2D eigenvalue weighted by atomic mass is 35.5. The Balaban J connectivity index is 1.53. The van der Waals surface area contributed by atoms with Gasteiger partial charge in [-0.15, -0.1) is 11.8 Å². The zero-order chi connectivity index (χ0) is 21.3. The van der Waals surface area contributed by atoms with Crippen LogP contribution in [0.15, 0.2) is 77.7 Å². The maximum atomic E-state index is 12.4. The third-order valence-electron chi connectivity index (χ3n) is 4.25. The molecular formula is C24H22ClNO3S. The molecule has 0 fully saturated rings. The van der Waals surface area contributed by atoms with Gasteiger partial charge in [0.05, 0.1) is 18.8 Å². The Kier molecular flexibility index (Phi) is 7.94. The first kappa shape index (κ1) is 21.9. The van der Waals surface area contributed by atoms with Crippen molar-refractivity contribution in [1.82, 2.24) is 0 Å². The molecule has 30 heavy (non-hydrogen) atoms. The Morgan fingerprint density at radius 1 is 1.00 bits per heavy atom. The lowest BCUT2D eigenvalue weighted by atomic mass is 10.1. The van der Waals surface area contributed by atoms with Gasteiger partial charge in [-0.3, -0.25) is 9.59 Å². The first-order valence-corrected chi connectivity index (χ1v) is 10.9. The first-order chi connectivity index (χ1) is 14.5. The van der Waals surface area contributed by atoms with Gasteiger partial charge in [0.1, 0.15) is 5.75 Å². The SMILES string of the molecule is CCOc1ccc(C(=O)CSc2cccc(NC(=O)Cc3ccc(Cl)cc3)c2)cc1. The lowest BCUT2D eigenvalue weighted by molar-refractivity contribution is -0.115. The number of anilines is 1. The second-order valence-corrected chi connectivity index (χ2v) is 8.03. The highest BCUT2D eigenvalue weighted by molar-refractivity contribution is 8.00. The van der Waals surface area contributed by atoms with Crippen LogP contribution in [-0.4, -0.2) is 24.1 Å². The van der Waals surface area contributed by atoms with Crippen molar-refractivity contribution in [2.24, 2.45) is 0 Å². The minimum absolute atomic E-state index is 0.0419. The summed E-state index contributed by atoms with van der Waals surface area (Å²) < 4.78 is 5.40. The van der Waals surface area contributed by atoms with Crippen LogP contribution in [0.25, 0.3) is 0 Å². The van der Waals surface area contributed by atoms with E-state index in [0.717, 1.165) is 16.2 Å². The van der Waals surface area contributed by atoms with Gasteiger partial charge in [0.15, 0.2) is 5.78 Å². The van der Waals surface area contributed by atoms with Crippen molar-refractivity contribution in [2.75, 3.05) is 17.7 Å². The molecule has 0 saturated carbocycles. The van der Waals surface area contributed by atoms with Gasteiger partial charge in [0.25, 0.3) is 0 Å². The molecule has 0 aliphatic heterocycles. The van der Waals surface area contributed by atoms with E-state index in [2.05, 4.69) is 5.32 Å². The van der Waals surface area contributed by atoms with Gasteiger partial charge in [0.2, 0.25) is 5.91 Å². The number of rotatable bonds is 9. The molecule has 0 spiro atoms. The summed E-state index contributed by atoms with van der Waals surface area (Å²) in [5.74, 6) is 1.00.